The van der Waals surface area contributed by atoms with E-state index in [1.54, 1.807) is 28.4 Å². The Balaban J connectivity index is 0.971. The van der Waals surface area contributed by atoms with E-state index in [-0.39, 0.29) is 26.4 Å². The first-order chi connectivity index (χ1) is 29.2. The summed E-state index contributed by atoms with van der Waals surface area (Å²) in [4.78, 5) is 0. The molecule has 0 spiro atoms. The largest absolute Gasteiger partial charge is 0.382 e. The molecule has 8 bridgehead atoms. The SMILES string of the molecule is COCCOCCOC1C2OC3O[C@@H]1C(OCCOCCOC)[C@@H](O3)[C@@H]2OCCOCCO[C@H]1C2OC3OC1C(OCCOCCOC)[C@H](O3)C2OCCOCCOC. The Kier molecular flexibility index (Phi) is 21.6. The Bertz CT molecular complexity index is 964. The van der Waals surface area contributed by atoms with Crippen molar-refractivity contribution < 1.29 is 99.5 Å². The first kappa shape index (κ1) is 47.6. The van der Waals surface area contributed by atoms with Crippen LogP contribution in [0.4, 0.5) is 0 Å². The van der Waals surface area contributed by atoms with E-state index in [2.05, 4.69) is 0 Å². The monoisotopic (exact) mass is 858 g/mol. The van der Waals surface area contributed by atoms with Gasteiger partial charge in [-0.2, -0.15) is 0 Å². The van der Waals surface area contributed by atoms with Crippen LogP contribution in [0.3, 0.4) is 0 Å². The van der Waals surface area contributed by atoms with Crippen LogP contribution in [0.2, 0.25) is 0 Å². The maximum atomic E-state index is 6.39. The van der Waals surface area contributed by atoms with Crippen molar-refractivity contribution in [2.75, 3.05) is 161 Å². The first-order valence-electron chi connectivity index (χ1n) is 20.6. The fraction of sp³-hybridized carbons (Fsp3) is 1.00. The first-order valence-corrected chi connectivity index (χ1v) is 20.6. The summed E-state index contributed by atoms with van der Waals surface area (Å²) in [5.41, 5.74) is 0. The number of methoxy groups -OCH3 is 4. The smallest absolute Gasteiger partial charge is 0.272 e. The molecule has 21 nitrogen and oxygen atoms in total. The van der Waals surface area contributed by atoms with E-state index in [0.717, 1.165) is 0 Å². The van der Waals surface area contributed by atoms with Gasteiger partial charge in [0.1, 0.15) is 73.2 Å². The van der Waals surface area contributed by atoms with Crippen LogP contribution in [0.1, 0.15) is 0 Å². The minimum Gasteiger partial charge on any atom is -0.382 e. The lowest BCUT2D eigenvalue weighted by molar-refractivity contribution is -0.488. The highest BCUT2D eigenvalue weighted by atomic mass is 16.9. The molecule has 0 radical (unpaired) electrons. The quantitative estimate of drug-likeness (QED) is 0.0691. The second kappa shape index (κ2) is 26.7. The van der Waals surface area contributed by atoms with Gasteiger partial charge in [-0.25, -0.2) is 0 Å². The molecule has 11 atom stereocenters. The Labute approximate surface area is 346 Å². The molecule has 0 amide bonds. The maximum Gasteiger partial charge on any atom is 0.272 e. The summed E-state index contributed by atoms with van der Waals surface area (Å²) in [6, 6.07) is 0. The second-order valence-corrected chi connectivity index (χ2v) is 14.2. The zero-order valence-electron chi connectivity index (χ0n) is 34.8. The average molecular weight is 859 g/mol. The van der Waals surface area contributed by atoms with Crippen molar-refractivity contribution in [2.24, 2.45) is 0 Å². The van der Waals surface area contributed by atoms with E-state index in [1.165, 1.54) is 0 Å². The molecule has 344 valence electrons. The molecule has 8 unspecified atom stereocenters. The predicted octanol–water partition coefficient (Wildman–Crippen LogP) is -1.07. The van der Waals surface area contributed by atoms with Crippen molar-refractivity contribution >= 4 is 0 Å². The molecule has 0 aromatic heterocycles. The minimum absolute atomic E-state index is 0.257. The van der Waals surface area contributed by atoms with Gasteiger partial charge in [0.15, 0.2) is 0 Å². The Morgan fingerprint density at radius 1 is 0.237 bits per heavy atom. The van der Waals surface area contributed by atoms with Gasteiger partial charge in [0.05, 0.1) is 132 Å². The van der Waals surface area contributed by atoms with Gasteiger partial charge in [0.2, 0.25) is 0 Å². The molecule has 6 aliphatic heterocycles. The molecule has 21 heteroatoms. The number of hydrogen-bond donors (Lipinski definition) is 0. The third kappa shape index (κ3) is 13.6. The minimum atomic E-state index is -0.831. The van der Waals surface area contributed by atoms with Crippen LogP contribution in [-0.4, -0.2) is 247 Å². The molecule has 6 saturated heterocycles. The number of ether oxygens (including phenoxy) is 21. The van der Waals surface area contributed by atoms with Crippen LogP contribution < -0.4 is 0 Å². The molecule has 6 heterocycles. The van der Waals surface area contributed by atoms with E-state index >= 15 is 0 Å². The predicted molar refractivity (Wildman–Crippen MR) is 197 cm³/mol. The molecule has 8 rings (SSSR count). The van der Waals surface area contributed by atoms with E-state index in [1.807, 2.05) is 0 Å². The number of rotatable bonds is 36. The van der Waals surface area contributed by atoms with Crippen molar-refractivity contribution in [3.63, 3.8) is 0 Å². The van der Waals surface area contributed by atoms with Gasteiger partial charge in [-0.3, -0.25) is 0 Å². The van der Waals surface area contributed by atoms with Crippen LogP contribution in [0, 0.1) is 0 Å². The van der Waals surface area contributed by atoms with Crippen molar-refractivity contribution in [3.8, 4) is 0 Å². The normalized spacial score (nSPS) is 35.4. The standard InChI is InChI=1S/C38H66O21/c1-39-5-9-43-13-19-48-25-31-26(49-20-14-44-10-6-40-2)34-29(33(25)56-37(54-31)57-34)52-23-17-47-18-24-53-30-35-27(50-21-15-45-11-7-41-3)32-28(36(30)59-38(55-32)58-35)51-22-16-46-12-8-42-4/h25-38H,5-24H2,1-4H3/t25?,26?,27?,28?,29-,30-,31+,32+,33+,34?,35?,36?,37?,38?/m0/s1. The Morgan fingerprint density at radius 3 is 0.576 bits per heavy atom. The van der Waals surface area contributed by atoms with E-state index in [4.69, 9.17) is 99.5 Å². The molecule has 8 aliphatic rings. The fourth-order valence-corrected chi connectivity index (χ4v) is 7.81. The molecule has 59 heavy (non-hydrogen) atoms. The second-order valence-electron chi connectivity index (χ2n) is 14.2. The topological polar surface area (TPSA) is 194 Å². The maximum absolute atomic E-state index is 6.39. The molecular formula is C38H66O21. The van der Waals surface area contributed by atoms with Crippen LogP contribution >= 0.6 is 0 Å². The van der Waals surface area contributed by atoms with E-state index in [9.17, 15) is 0 Å². The molecule has 0 N–H and O–H groups in total. The van der Waals surface area contributed by atoms with Crippen molar-refractivity contribution in [1.29, 1.82) is 0 Å². The van der Waals surface area contributed by atoms with Gasteiger partial charge in [-0.1, -0.05) is 0 Å². The highest BCUT2D eigenvalue weighted by molar-refractivity contribution is 5.09. The molecule has 2 saturated carbocycles. The lowest BCUT2D eigenvalue weighted by Gasteiger charge is -2.58. The highest BCUT2D eigenvalue weighted by Gasteiger charge is 2.65. The van der Waals surface area contributed by atoms with Gasteiger partial charge in [0.25, 0.3) is 13.0 Å². The molecule has 8 fully saturated rings. The Hall–Kier alpha value is -0.840. The van der Waals surface area contributed by atoms with Crippen LogP contribution in [-0.2, 0) is 99.5 Å². The lowest BCUT2D eigenvalue weighted by atomic mass is 9.82. The summed E-state index contributed by atoms with van der Waals surface area (Å²) < 4.78 is 123. The average Bonchev–Trinajstić information content (AvgIpc) is 3.24. The molecule has 0 aromatic rings. The third-order valence-corrected chi connectivity index (χ3v) is 10.5. The number of hydrogen-bond acceptors (Lipinski definition) is 21. The molecular weight excluding hydrogens is 792 g/mol. The summed E-state index contributed by atoms with van der Waals surface area (Å²) in [6.07, 6.45) is -5.53. The summed E-state index contributed by atoms with van der Waals surface area (Å²) in [7, 11) is 6.51. The summed E-state index contributed by atoms with van der Waals surface area (Å²) in [5.74, 6) is 0. The fourth-order valence-electron chi connectivity index (χ4n) is 7.81. The van der Waals surface area contributed by atoms with Crippen LogP contribution in [0.5, 0.6) is 0 Å². The van der Waals surface area contributed by atoms with Crippen LogP contribution in [0.15, 0.2) is 0 Å². The summed E-state index contributed by atoms with van der Waals surface area (Å²) >= 11 is 0. The Morgan fingerprint density at radius 2 is 0.407 bits per heavy atom. The van der Waals surface area contributed by atoms with Gasteiger partial charge < -0.3 is 99.5 Å². The zero-order valence-corrected chi connectivity index (χ0v) is 34.8. The van der Waals surface area contributed by atoms with Gasteiger partial charge in [0, 0.05) is 28.4 Å². The zero-order chi connectivity index (χ0) is 41.1. The molecule has 0 aromatic carbocycles. The van der Waals surface area contributed by atoms with E-state index in [0.29, 0.717) is 106 Å². The third-order valence-electron chi connectivity index (χ3n) is 10.5. The van der Waals surface area contributed by atoms with E-state index < -0.39 is 86.2 Å². The van der Waals surface area contributed by atoms with Crippen LogP contribution in [0.25, 0.3) is 0 Å². The summed E-state index contributed by atoms with van der Waals surface area (Å²) in [5, 5.41) is 0. The summed E-state index contributed by atoms with van der Waals surface area (Å²) in [6.45, 7) is 6.12. The van der Waals surface area contributed by atoms with Gasteiger partial charge in [-0.05, 0) is 0 Å². The highest BCUT2D eigenvalue weighted by Crippen LogP contribution is 2.45. The van der Waals surface area contributed by atoms with Crippen molar-refractivity contribution in [3.05, 3.63) is 0 Å². The van der Waals surface area contributed by atoms with Gasteiger partial charge in [-0.15, -0.1) is 0 Å². The van der Waals surface area contributed by atoms with Gasteiger partial charge >= 0.3 is 0 Å². The van der Waals surface area contributed by atoms with Crippen molar-refractivity contribution in [1.82, 2.24) is 0 Å². The molecule has 2 aliphatic carbocycles. The van der Waals surface area contributed by atoms with Crippen molar-refractivity contribution in [2.45, 2.75) is 86.2 Å². The lowest BCUT2D eigenvalue weighted by Crippen LogP contribution is -2.76.